The van der Waals surface area contributed by atoms with Crippen molar-refractivity contribution >= 4 is 11.6 Å². The Kier molecular flexibility index (Phi) is 3.06. The monoisotopic (exact) mass is 263 g/mol. The Bertz CT molecular complexity index is 508. The molecule has 5 nitrogen and oxygen atoms in total. The van der Waals surface area contributed by atoms with Crippen LogP contribution in [0.1, 0.15) is 31.4 Å². The number of amides is 1. The van der Waals surface area contributed by atoms with Crippen molar-refractivity contribution in [3.63, 3.8) is 0 Å². The molecule has 1 amide bonds. The van der Waals surface area contributed by atoms with E-state index in [9.17, 15) is 9.90 Å². The number of ether oxygens (including phenoxy) is 2. The van der Waals surface area contributed by atoms with Crippen LogP contribution in [0.3, 0.4) is 0 Å². The van der Waals surface area contributed by atoms with Crippen molar-refractivity contribution < 1.29 is 19.4 Å². The number of aliphatic hydroxyl groups excluding tert-OH is 1. The summed E-state index contributed by atoms with van der Waals surface area (Å²) in [5.41, 5.74) is 1.26. The molecule has 3 rings (SSSR count). The third kappa shape index (κ3) is 2.51. The van der Waals surface area contributed by atoms with Gasteiger partial charge in [0.05, 0.1) is 11.8 Å². The second-order valence-corrected chi connectivity index (χ2v) is 5.02. The second-order valence-electron chi connectivity index (χ2n) is 5.02. The van der Waals surface area contributed by atoms with E-state index in [1.54, 1.807) is 19.1 Å². The highest BCUT2D eigenvalue weighted by atomic mass is 16.6. The van der Waals surface area contributed by atoms with Gasteiger partial charge in [-0.2, -0.15) is 0 Å². The summed E-state index contributed by atoms with van der Waals surface area (Å²) in [5, 5.41) is 12.7. The molecular formula is C14H17NO4. The topological polar surface area (TPSA) is 67.8 Å². The number of carbonyl (C=O) groups is 1. The molecule has 0 bridgehead atoms. The summed E-state index contributed by atoms with van der Waals surface area (Å²) in [6, 6.07) is 3.47. The lowest BCUT2D eigenvalue weighted by Crippen LogP contribution is -2.18. The van der Waals surface area contributed by atoms with Gasteiger partial charge in [0.25, 0.3) is 0 Å². The fraction of sp³-hybridized carbons (Fsp3) is 0.500. The second kappa shape index (κ2) is 4.74. The van der Waals surface area contributed by atoms with Crippen molar-refractivity contribution in [3.8, 4) is 11.5 Å². The quantitative estimate of drug-likeness (QED) is 0.873. The average Bonchev–Trinajstić information content (AvgIpc) is 3.22. The molecule has 0 spiro atoms. The van der Waals surface area contributed by atoms with Gasteiger partial charge >= 0.3 is 0 Å². The van der Waals surface area contributed by atoms with Crippen molar-refractivity contribution in [2.45, 2.75) is 25.9 Å². The summed E-state index contributed by atoms with van der Waals surface area (Å²) in [5.74, 6) is 1.36. The van der Waals surface area contributed by atoms with E-state index in [1.807, 2.05) is 0 Å². The van der Waals surface area contributed by atoms with E-state index in [0.29, 0.717) is 36.0 Å². The number of hydrogen-bond acceptors (Lipinski definition) is 4. The van der Waals surface area contributed by atoms with Gasteiger partial charge in [-0.1, -0.05) is 0 Å². The summed E-state index contributed by atoms with van der Waals surface area (Å²) in [6.07, 6.45) is 1.21. The highest BCUT2D eigenvalue weighted by Gasteiger charge is 2.30. The minimum Gasteiger partial charge on any atom is -0.486 e. The van der Waals surface area contributed by atoms with Crippen LogP contribution in [0.15, 0.2) is 12.1 Å². The minimum absolute atomic E-state index is 0.0126. The fourth-order valence-electron chi connectivity index (χ4n) is 2.14. The molecule has 2 N–H and O–H groups in total. The lowest BCUT2D eigenvalue weighted by molar-refractivity contribution is -0.117. The third-order valence-electron chi connectivity index (χ3n) is 3.37. The van der Waals surface area contributed by atoms with Crippen LogP contribution in [0.5, 0.6) is 11.5 Å². The Hall–Kier alpha value is -1.75. The maximum atomic E-state index is 11.9. The van der Waals surface area contributed by atoms with Gasteiger partial charge in [-0.15, -0.1) is 0 Å². The number of benzene rings is 1. The fourth-order valence-corrected chi connectivity index (χ4v) is 2.14. The smallest absolute Gasteiger partial charge is 0.227 e. The standard InChI is InChI=1S/C14H17NO4/c1-8(16)10-6-12-13(19-5-4-18-12)7-11(10)15-14(17)9-2-3-9/h6-9,16H,2-5H2,1H3,(H,15,17). The maximum absolute atomic E-state index is 11.9. The first kappa shape index (κ1) is 12.3. The summed E-state index contributed by atoms with van der Waals surface area (Å²) in [7, 11) is 0. The first-order valence-corrected chi connectivity index (χ1v) is 6.57. The molecule has 102 valence electrons. The molecule has 1 atom stereocenters. The van der Waals surface area contributed by atoms with Gasteiger partial charge in [0.15, 0.2) is 11.5 Å². The van der Waals surface area contributed by atoms with Gasteiger partial charge in [-0.25, -0.2) is 0 Å². The summed E-state index contributed by atoms with van der Waals surface area (Å²) in [6.45, 7) is 2.66. The minimum atomic E-state index is -0.676. The zero-order valence-electron chi connectivity index (χ0n) is 10.8. The summed E-state index contributed by atoms with van der Waals surface area (Å²) in [4.78, 5) is 11.9. The lowest BCUT2D eigenvalue weighted by Gasteiger charge is -2.22. The number of rotatable bonds is 3. The summed E-state index contributed by atoms with van der Waals surface area (Å²) < 4.78 is 11.0. The number of fused-ring (bicyclic) bond motifs is 1. The molecule has 0 aromatic heterocycles. The molecular weight excluding hydrogens is 246 g/mol. The molecule has 2 aliphatic rings. The molecule has 19 heavy (non-hydrogen) atoms. The van der Waals surface area contributed by atoms with Crippen molar-refractivity contribution in [1.29, 1.82) is 0 Å². The van der Waals surface area contributed by atoms with Crippen LogP contribution in [0.2, 0.25) is 0 Å². The molecule has 5 heteroatoms. The Morgan fingerprint density at radius 2 is 1.95 bits per heavy atom. The van der Waals surface area contributed by atoms with E-state index >= 15 is 0 Å². The lowest BCUT2D eigenvalue weighted by atomic mass is 10.1. The molecule has 1 fully saturated rings. The highest BCUT2D eigenvalue weighted by Crippen LogP contribution is 2.39. The van der Waals surface area contributed by atoms with Gasteiger partial charge in [0.2, 0.25) is 5.91 Å². The normalized spacial score (nSPS) is 18.8. The van der Waals surface area contributed by atoms with E-state index in [-0.39, 0.29) is 11.8 Å². The largest absolute Gasteiger partial charge is 0.486 e. The van der Waals surface area contributed by atoms with Gasteiger partial charge in [0.1, 0.15) is 13.2 Å². The molecule has 0 radical (unpaired) electrons. The van der Waals surface area contributed by atoms with Gasteiger partial charge < -0.3 is 19.9 Å². The van der Waals surface area contributed by atoms with Gasteiger partial charge in [0, 0.05) is 17.5 Å². The highest BCUT2D eigenvalue weighted by molar-refractivity contribution is 5.95. The Balaban J connectivity index is 1.93. The van der Waals surface area contributed by atoms with E-state index in [0.717, 1.165) is 12.8 Å². The predicted octanol–water partition coefficient (Wildman–Crippen LogP) is 1.86. The predicted molar refractivity (Wildman–Crippen MR) is 69.4 cm³/mol. The van der Waals surface area contributed by atoms with Crippen LogP contribution in [-0.4, -0.2) is 24.2 Å². The Labute approximate surface area is 111 Å². The van der Waals surface area contributed by atoms with Crippen LogP contribution < -0.4 is 14.8 Å². The number of anilines is 1. The first-order chi connectivity index (χ1) is 9.15. The van der Waals surface area contributed by atoms with Gasteiger partial charge in [-0.3, -0.25) is 4.79 Å². The van der Waals surface area contributed by atoms with E-state index in [4.69, 9.17) is 9.47 Å². The van der Waals surface area contributed by atoms with Crippen LogP contribution in [0, 0.1) is 5.92 Å². The molecule has 0 saturated heterocycles. The molecule has 1 saturated carbocycles. The molecule has 1 aromatic rings. The average molecular weight is 263 g/mol. The van der Waals surface area contributed by atoms with Crippen LogP contribution in [0.25, 0.3) is 0 Å². The van der Waals surface area contributed by atoms with Crippen molar-refractivity contribution in [3.05, 3.63) is 17.7 Å². The zero-order chi connectivity index (χ0) is 13.4. The van der Waals surface area contributed by atoms with E-state index in [1.165, 1.54) is 0 Å². The van der Waals surface area contributed by atoms with Crippen LogP contribution in [0.4, 0.5) is 5.69 Å². The molecule has 1 heterocycles. The number of nitrogens with one attached hydrogen (secondary N) is 1. The van der Waals surface area contributed by atoms with Crippen LogP contribution in [-0.2, 0) is 4.79 Å². The van der Waals surface area contributed by atoms with Gasteiger partial charge in [-0.05, 0) is 25.8 Å². The molecule has 1 unspecified atom stereocenters. The van der Waals surface area contributed by atoms with Crippen molar-refractivity contribution in [2.75, 3.05) is 18.5 Å². The number of hydrogen-bond donors (Lipinski definition) is 2. The van der Waals surface area contributed by atoms with E-state index in [2.05, 4.69) is 5.32 Å². The zero-order valence-corrected chi connectivity index (χ0v) is 10.8. The van der Waals surface area contributed by atoms with Crippen molar-refractivity contribution in [1.82, 2.24) is 0 Å². The number of carbonyl (C=O) groups excluding carboxylic acids is 1. The first-order valence-electron chi connectivity index (χ1n) is 6.57. The Morgan fingerprint density at radius 3 is 2.53 bits per heavy atom. The SMILES string of the molecule is CC(O)c1cc2c(cc1NC(=O)C1CC1)OCCO2. The van der Waals surface area contributed by atoms with E-state index < -0.39 is 6.10 Å². The number of aliphatic hydroxyl groups is 1. The van der Waals surface area contributed by atoms with Crippen molar-refractivity contribution in [2.24, 2.45) is 5.92 Å². The maximum Gasteiger partial charge on any atom is 0.227 e. The summed E-state index contributed by atoms with van der Waals surface area (Å²) >= 11 is 0. The molecule has 1 aromatic carbocycles. The van der Waals surface area contributed by atoms with Crippen LogP contribution >= 0.6 is 0 Å². The molecule has 1 aliphatic heterocycles. The molecule has 1 aliphatic carbocycles. The Morgan fingerprint density at radius 1 is 1.32 bits per heavy atom. The third-order valence-corrected chi connectivity index (χ3v) is 3.37.